The van der Waals surface area contributed by atoms with E-state index in [-0.39, 0.29) is 24.1 Å². The lowest BCUT2D eigenvalue weighted by atomic mass is 9.94. The molecule has 0 radical (unpaired) electrons. The number of ether oxygens (including phenoxy) is 1. The van der Waals surface area contributed by atoms with Crippen molar-refractivity contribution in [3.8, 4) is 16.9 Å². The summed E-state index contributed by atoms with van der Waals surface area (Å²) in [6.45, 7) is 1.97. The van der Waals surface area contributed by atoms with Crippen LogP contribution in [0.2, 0.25) is 0 Å². The first-order valence-electron chi connectivity index (χ1n) is 11.8. The molecule has 3 atom stereocenters. The van der Waals surface area contributed by atoms with Crippen molar-refractivity contribution < 1.29 is 9.53 Å². The molecule has 2 amide bonds. The van der Waals surface area contributed by atoms with Crippen molar-refractivity contribution in [2.24, 2.45) is 7.05 Å². The van der Waals surface area contributed by atoms with Gasteiger partial charge in [-0.3, -0.25) is 10.00 Å². The van der Waals surface area contributed by atoms with Crippen LogP contribution in [-0.4, -0.2) is 44.8 Å². The summed E-state index contributed by atoms with van der Waals surface area (Å²) in [6.07, 6.45) is 5.45. The van der Waals surface area contributed by atoms with Crippen molar-refractivity contribution in [3.05, 3.63) is 84.2 Å². The van der Waals surface area contributed by atoms with Gasteiger partial charge in [-0.25, -0.2) is 9.48 Å². The summed E-state index contributed by atoms with van der Waals surface area (Å²) < 4.78 is 9.17. The Morgan fingerprint density at radius 3 is 2.43 bits per heavy atom. The highest BCUT2D eigenvalue weighted by Gasteiger charge is 2.36. The van der Waals surface area contributed by atoms with E-state index in [1.165, 1.54) is 5.56 Å². The lowest BCUT2D eigenvalue weighted by Crippen LogP contribution is -2.40. The van der Waals surface area contributed by atoms with Crippen LogP contribution in [0.4, 0.5) is 10.6 Å². The highest BCUT2D eigenvalue weighted by atomic mass is 16.5. The van der Waals surface area contributed by atoms with Crippen LogP contribution < -0.4 is 10.6 Å². The van der Waals surface area contributed by atoms with Crippen molar-refractivity contribution in [2.75, 3.05) is 12.4 Å². The number of amides is 2. The molecule has 5 rings (SSSR count). The van der Waals surface area contributed by atoms with Gasteiger partial charge in [-0.15, -0.1) is 0 Å². The van der Waals surface area contributed by atoms with Crippen LogP contribution in [0.1, 0.15) is 29.9 Å². The minimum absolute atomic E-state index is 0.0338. The lowest BCUT2D eigenvalue weighted by molar-refractivity contribution is 0.106. The van der Waals surface area contributed by atoms with Gasteiger partial charge in [0.25, 0.3) is 0 Å². The van der Waals surface area contributed by atoms with Crippen LogP contribution in [0, 0.1) is 6.92 Å². The Labute approximate surface area is 204 Å². The van der Waals surface area contributed by atoms with Crippen LogP contribution in [0.5, 0.6) is 0 Å². The average Bonchev–Trinajstić information content (AvgIpc) is 3.58. The maximum Gasteiger partial charge on any atom is 0.320 e. The smallest absolute Gasteiger partial charge is 0.320 e. The monoisotopic (exact) mass is 470 g/mol. The van der Waals surface area contributed by atoms with Gasteiger partial charge >= 0.3 is 6.03 Å². The summed E-state index contributed by atoms with van der Waals surface area (Å²) in [5.74, 6) is 0.822. The normalized spacial score (nSPS) is 19.6. The first-order valence-corrected chi connectivity index (χ1v) is 11.8. The SMILES string of the molecule is CO[C@H]1CC(NC(=O)Nc2c(C)c(-c3cnn(C)c3)nn2-c2ccccc2)[C@H](c2ccccc2)C1. The number of aromatic nitrogens is 4. The first kappa shape index (κ1) is 22.9. The van der Waals surface area contributed by atoms with Gasteiger partial charge in [0.1, 0.15) is 11.5 Å². The fourth-order valence-corrected chi connectivity index (χ4v) is 4.94. The van der Waals surface area contributed by atoms with Gasteiger partial charge in [-0.1, -0.05) is 48.5 Å². The van der Waals surface area contributed by atoms with Crippen molar-refractivity contribution in [2.45, 2.75) is 37.8 Å². The summed E-state index contributed by atoms with van der Waals surface area (Å²) in [7, 11) is 3.61. The predicted molar refractivity (Wildman–Crippen MR) is 136 cm³/mol. The minimum Gasteiger partial charge on any atom is -0.381 e. The zero-order chi connectivity index (χ0) is 24.4. The third-order valence-electron chi connectivity index (χ3n) is 6.73. The maximum absolute atomic E-state index is 13.3. The molecule has 8 nitrogen and oxygen atoms in total. The molecule has 0 spiro atoms. The number of rotatable bonds is 6. The first-order chi connectivity index (χ1) is 17.0. The second-order valence-electron chi connectivity index (χ2n) is 9.02. The number of urea groups is 1. The topological polar surface area (TPSA) is 86.0 Å². The van der Waals surface area contributed by atoms with Gasteiger partial charge in [0, 0.05) is 43.4 Å². The zero-order valence-corrected chi connectivity index (χ0v) is 20.2. The third kappa shape index (κ3) is 4.70. The number of aryl methyl sites for hydroxylation is 1. The van der Waals surface area contributed by atoms with E-state index in [4.69, 9.17) is 9.84 Å². The summed E-state index contributed by atoms with van der Waals surface area (Å²) in [6, 6.07) is 19.8. The third-order valence-corrected chi connectivity index (χ3v) is 6.73. The standard InChI is InChI=1S/C27H30N6O2/c1-18-25(20-16-28-32(2)17-20)31-33(21-12-8-5-9-13-21)26(18)30-27(34)29-24-15-22(35-3)14-23(24)19-10-6-4-7-11-19/h4-13,16-17,22-24H,14-15H2,1-3H3,(H2,29,30,34)/t22-,23+,24?/m1/s1. The van der Waals surface area contributed by atoms with Crippen LogP contribution in [0.3, 0.4) is 0 Å². The van der Waals surface area contributed by atoms with E-state index in [9.17, 15) is 4.79 Å². The highest BCUT2D eigenvalue weighted by molar-refractivity contribution is 5.91. The second kappa shape index (κ2) is 9.76. The number of anilines is 1. The molecular weight excluding hydrogens is 440 g/mol. The van der Waals surface area contributed by atoms with Gasteiger partial charge in [0.05, 0.1) is 18.0 Å². The molecule has 1 aliphatic rings. The molecule has 2 N–H and O–H groups in total. The fourth-order valence-electron chi connectivity index (χ4n) is 4.94. The van der Waals surface area contributed by atoms with E-state index in [2.05, 4.69) is 27.9 Å². The number of nitrogens with one attached hydrogen (secondary N) is 2. The van der Waals surface area contributed by atoms with Gasteiger partial charge < -0.3 is 10.1 Å². The van der Waals surface area contributed by atoms with Crippen molar-refractivity contribution in [1.82, 2.24) is 24.9 Å². The average molecular weight is 471 g/mol. The van der Waals surface area contributed by atoms with Crippen LogP contribution in [-0.2, 0) is 11.8 Å². The quantitative estimate of drug-likeness (QED) is 0.429. The largest absolute Gasteiger partial charge is 0.381 e. The molecule has 8 heteroatoms. The number of methoxy groups -OCH3 is 1. The Kier molecular flexibility index (Phi) is 6.37. The summed E-state index contributed by atoms with van der Waals surface area (Å²) in [5, 5.41) is 15.4. The number of hydrogen-bond acceptors (Lipinski definition) is 4. The molecule has 35 heavy (non-hydrogen) atoms. The van der Waals surface area contributed by atoms with Crippen molar-refractivity contribution >= 4 is 11.8 Å². The number of benzene rings is 2. The molecule has 1 fully saturated rings. The Balaban J connectivity index is 1.43. The van der Waals surface area contributed by atoms with Gasteiger partial charge in [-0.2, -0.15) is 10.2 Å². The van der Waals surface area contributed by atoms with Gasteiger partial charge in [0.15, 0.2) is 0 Å². The fraction of sp³-hybridized carbons (Fsp3) is 0.296. The van der Waals surface area contributed by atoms with E-state index >= 15 is 0 Å². The van der Waals surface area contributed by atoms with Crippen molar-refractivity contribution in [1.29, 1.82) is 0 Å². The maximum atomic E-state index is 13.3. The molecule has 2 aromatic heterocycles. The summed E-state index contributed by atoms with van der Waals surface area (Å²) in [5.41, 5.74) is 4.62. The number of carbonyl (C=O) groups excluding carboxylic acids is 1. The molecule has 180 valence electrons. The highest BCUT2D eigenvalue weighted by Crippen LogP contribution is 2.36. The molecule has 1 aliphatic carbocycles. The molecule has 0 bridgehead atoms. The molecule has 4 aromatic rings. The van der Waals surface area contributed by atoms with Crippen LogP contribution in [0.15, 0.2) is 73.1 Å². The van der Waals surface area contributed by atoms with E-state index < -0.39 is 0 Å². The van der Waals surface area contributed by atoms with Crippen LogP contribution >= 0.6 is 0 Å². The number of carbonyl (C=O) groups is 1. The zero-order valence-electron chi connectivity index (χ0n) is 20.2. The molecule has 2 aromatic carbocycles. The Bertz CT molecular complexity index is 1300. The molecule has 1 unspecified atom stereocenters. The molecule has 2 heterocycles. The van der Waals surface area contributed by atoms with E-state index in [1.807, 2.05) is 68.7 Å². The lowest BCUT2D eigenvalue weighted by Gasteiger charge is -2.21. The van der Waals surface area contributed by atoms with Gasteiger partial charge in [0.2, 0.25) is 0 Å². The van der Waals surface area contributed by atoms with Crippen molar-refractivity contribution in [3.63, 3.8) is 0 Å². The number of para-hydroxylation sites is 1. The Morgan fingerprint density at radius 2 is 1.77 bits per heavy atom. The molecule has 0 aliphatic heterocycles. The Morgan fingerprint density at radius 1 is 1.06 bits per heavy atom. The molecular formula is C27H30N6O2. The van der Waals surface area contributed by atoms with E-state index in [0.29, 0.717) is 5.82 Å². The van der Waals surface area contributed by atoms with E-state index in [1.54, 1.807) is 22.7 Å². The molecule has 1 saturated carbocycles. The Hall–Kier alpha value is -3.91. The second-order valence-corrected chi connectivity index (χ2v) is 9.02. The number of hydrogen-bond donors (Lipinski definition) is 2. The summed E-state index contributed by atoms with van der Waals surface area (Å²) in [4.78, 5) is 13.3. The van der Waals surface area contributed by atoms with Crippen LogP contribution in [0.25, 0.3) is 16.9 Å². The van der Waals surface area contributed by atoms with Gasteiger partial charge in [-0.05, 0) is 37.5 Å². The predicted octanol–water partition coefficient (Wildman–Crippen LogP) is 4.66. The molecule has 0 saturated heterocycles. The minimum atomic E-state index is -0.259. The van der Waals surface area contributed by atoms with E-state index in [0.717, 1.165) is 35.3 Å². The summed E-state index contributed by atoms with van der Waals surface area (Å²) >= 11 is 0. The number of nitrogens with zero attached hydrogens (tertiary/aromatic N) is 4.